The maximum atomic E-state index is 12.3. The summed E-state index contributed by atoms with van der Waals surface area (Å²) in [6.45, 7) is 1.87. The lowest BCUT2D eigenvalue weighted by atomic mass is 10.2. The summed E-state index contributed by atoms with van der Waals surface area (Å²) in [5.41, 5.74) is 1.80. The van der Waals surface area contributed by atoms with Crippen molar-refractivity contribution in [2.24, 2.45) is 5.10 Å². The number of sulfonamides is 1. The third-order valence-corrected chi connectivity index (χ3v) is 5.24. The molecule has 0 fully saturated rings. The van der Waals surface area contributed by atoms with Crippen LogP contribution in [0, 0.1) is 6.92 Å². The van der Waals surface area contributed by atoms with Gasteiger partial charge >= 0.3 is 5.97 Å². The molecule has 0 saturated heterocycles. The third kappa shape index (κ3) is 5.21. The zero-order valence-corrected chi connectivity index (χ0v) is 17.1. The molecular weight excluding hydrogens is 406 g/mol. The summed E-state index contributed by atoms with van der Waals surface area (Å²) in [5.74, 6) is -0.0741. The van der Waals surface area contributed by atoms with Gasteiger partial charge < -0.3 is 9.47 Å². The predicted molar refractivity (Wildman–Crippen MR) is 111 cm³/mol. The van der Waals surface area contributed by atoms with Crippen molar-refractivity contribution < 1.29 is 22.7 Å². The summed E-state index contributed by atoms with van der Waals surface area (Å²) < 4.78 is 35.1. The molecule has 0 amide bonds. The molecule has 1 heterocycles. The molecule has 154 valence electrons. The maximum Gasteiger partial charge on any atom is 0.345 e. The Morgan fingerprint density at radius 2 is 1.87 bits per heavy atom. The van der Waals surface area contributed by atoms with Gasteiger partial charge in [0.1, 0.15) is 0 Å². The number of pyridine rings is 1. The molecule has 0 aliphatic carbocycles. The topological polar surface area (TPSA) is 107 Å². The number of nitrogens with zero attached hydrogens (tertiary/aromatic N) is 2. The molecule has 0 spiro atoms. The Labute approximate surface area is 174 Å². The fourth-order valence-corrected chi connectivity index (χ4v) is 3.22. The smallest absolute Gasteiger partial charge is 0.345 e. The van der Waals surface area contributed by atoms with Crippen molar-refractivity contribution in [3.8, 4) is 11.5 Å². The van der Waals surface area contributed by atoms with Crippen LogP contribution in [0.25, 0.3) is 0 Å². The Morgan fingerprint density at radius 1 is 1.10 bits per heavy atom. The number of hydrogen-bond acceptors (Lipinski definition) is 7. The van der Waals surface area contributed by atoms with Gasteiger partial charge in [0.25, 0.3) is 10.0 Å². The zero-order chi connectivity index (χ0) is 21.6. The molecule has 0 radical (unpaired) electrons. The normalized spacial score (nSPS) is 11.3. The highest BCUT2D eigenvalue weighted by atomic mass is 32.2. The lowest BCUT2D eigenvalue weighted by Gasteiger charge is -2.10. The van der Waals surface area contributed by atoms with Gasteiger partial charge in [0.2, 0.25) is 0 Å². The minimum Gasteiger partial charge on any atom is -0.493 e. The molecule has 2 aromatic carbocycles. The van der Waals surface area contributed by atoms with Crippen LogP contribution in [-0.4, -0.2) is 32.7 Å². The van der Waals surface area contributed by atoms with Gasteiger partial charge in [-0.15, -0.1) is 0 Å². The number of aryl methyl sites for hydroxylation is 1. The average molecular weight is 425 g/mol. The lowest BCUT2D eigenvalue weighted by Crippen LogP contribution is -2.18. The van der Waals surface area contributed by atoms with E-state index in [0.29, 0.717) is 11.1 Å². The number of rotatable bonds is 7. The van der Waals surface area contributed by atoms with Crippen molar-refractivity contribution in [3.05, 3.63) is 83.7 Å². The van der Waals surface area contributed by atoms with E-state index in [0.717, 1.165) is 5.56 Å². The molecule has 3 rings (SSSR count). The molecule has 8 nitrogen and oxygen atoms in total. The molecule has 30 heavy (non-hydrogen) atoms. The van der Waals surface area contributed by atoms with Crippen molar-refractivity contribution in [2.45, 2.75) is 11.8 Å². The first-order chi connectivity index (χ1) is 14.4. The number of nitrogens with one attached hydrogen (secondary N) is 1. The Kier molecular flexibility index (Phi) is 6.43. The van der Waals surface area contributed by atoms with E-state index in [-0.39, 0.29) is 16.4 Å². The quantitative estimate of drug-likeness (QED) is 0.270. The first kappa shape index (κ1) is 21.0. The lowest BCUT2D eigenvalue weighted by molar-refractivity contribution is 0.0729. The number of carbonyl (C=O) groups excluding carboxylic acids is 1. The number of methoxy groups -OCH3 is 1. The molecule has 0 bridgehead atoms. The fraction of sp³-hybridized carbons (Fsp3) is 0.0952. The number of benzene rings is 2. The van der Waals surface area contributed by atoms with Crippen molar-refractivity contribution in [1.82, 2.24) is 9.82 Å². The van der Waals surface area contributed by atoms with Crippen LogP contribution >= 0.6 is 0 Å². The molecular formula is C21H19N3O5S. The monoisotopic (exact) mass is 425 g/mol. The molecule has 0 unspecified atom stereocenters. The summed E-state index contributed by atoms with van der Waals surface area (Å²) in [5, 5.41) is 3.79. The van der Waals surface area contributed by atoms with E-state index in [1.54, 1.807) is 42.6 Å². The van der Waals surface area contributed by atoms with E-state index in [1.165, 1.54) is 37.7 Å². The van der Waals surface area contributed by atoms with E-state index < -0.39 is 16.0 Å². The molecule has 1 aromatic heterocycles. The van der Waals surface area contributed by atoms with Gasteiger partial charge in [0.15, 0.2) is 11.5 Å². The van der Waals surface area contributed by atoms with Crippen LogP contribution in [0.2, 0.25) is 0 Å². The van der Waals surface area contributed by atoms with Crippen LogP contribution in [0.4, 0.5) is 0 Å². The van der Waals surface area contributed by atoms with Crippen LogP contribution in [0.3, 0.4) is 0 Å². The highest BCUT2D eigenvalue weighted by molar-refractivity contribution is 7.89. The average Bonchev–Trinajstić information content (AvgIpc) is 2.75. The SMILES string of the molecule is COc1cc(/C=N/NS(=O)(=O)c2ccc(C)cc2)ccc1OC(=O)c1cccnc1. The summed E-state index contributed by atoms with van der Waals surface area (Å²) in [7, 11) is -2.34. The van der Waals surface area contributed by atoms with Gasteiger partial charge in [0.05, 0.1) is 23.8 Å². The van der Waals surface area contributed by atoms with E-state index >= 15 is 0 Å². The Balaban J connectivity index is 1.71. The predicted octanol–water partition coefficient (Wildman–Crippen LogP) is 2.93. The second-order valence-corrected chi connectivity index (χ2v) is 7.87. The Bertz CT molecular complexity index is 1160. The second-order valence-electron chi connectivity index (χ2n) is 6.21. The number of aromatic nitrogens is 1. The van der Waals surface area contributed by atoms with E-state index in [9.17, 15) is 13.2 Å². The van der Waals surface area contributed by atoms with Crippen LogP contribution < -0.4 is 14.3 Å². The number of hydrazone groups is 1. The van der Waals surface area contributed by atoms with Gasteiger partial charge in [-0.3, -0.25) is 4.98 Å². The van der Waals surface area contributed by atoms with Crippen LogP contribution in [-0.2, 0) is 10.0 Å². The molecule has 0 aliphatic rings. The number of esters is 1. The number of carbonyl (C=O) groups is 1. The first-order valence-electron chi connectivity index (χ1n) is 8.81. The molecule has 1 N–H and O–H groups in total. The minimum atomic E-state index is -3.77. The van der Waals surface area contributed by atoms with E-state index in [4.69, 9.17) is 9.47 Å². The third-order valence-electron chi connectivity index (χ3n) is 4.01. The van der Waals surface area contributed by atoms with Gasteiger partial charge in [-0.2, -0.15) is 13.5 Å². The summed E-state index contributed by atoms with van der Waals surface area (Å²) in [6.07, 6.45) is 4.27. The maximum absolute atomic E-state index is 12.3. The molecule has 0 saturated carbocycles. The highest BCUT2D eigenvalue weighted by Gasteiger charge is 2.14. The van der Waals surface area contributed by atoms with E-state index in [2.05, 4.69) is 14.9 Å². The Morgan fingerprint density at radius 3 is 2.53 bits per heavy atom. The number of ether oxygens (including phenoxy) is 2. The van der Waals surface area contributed by atoms with Gasteiger partial charge in [0, 0.05) is 12.4 Å². The van der Waals surface area contributed by atoms with Gasteiger partial charge in [-0.1, -0.05) is 17.7 Å². The molecule has 3 aromatic rings. The van der Waals surface area contributed by atoms with Crippen molar-refractivity contribution >= 4 is 22.2 Å². The molecule has 0 atom stereocenters. The molecule has 9 heteroatoms. The largest absolute Gasteiger partial charge is 0.493 e. The highest BCUT2D eigenvalue weighted by Crippen LogP contribution is 2.28. The zero-order valence-electron chi connectivity index (χ0n) is 16.3. The van der Waals surface area contributed by atoms with Crippen molar-refractivity contribution in [1.29, 1.82) is 0 Å². The number of hydrogen-bond donors (Lipinski definition) is 1. The van der Waals surface area contributed by atoms with Gasteiger partial charge in [-0.05, 0) is 55.0 Å². The van der Waals surface area contributed by atoms with Crippen molar-refractivity contribution in [3.63, 3.8) is 0 Å². The van der Waals surface area contributed by atoms with Crippen LogP contribution in [0.15, 0.2) is 77.0 Å². The fourth-order valence-electron chi connectivity index (χ4n) is 2.43. The van der Waals surface area contributed by atoms with Gasteiger partial charge in [-0.25, -0.2) is 9.63 Å². The summed E-state index contributed by atoms with van der Waals surface area (Å²) >= 11 is 0. The molecule has 0 aliphatic heterocycles. The standard InChI is InChI=1S/C21H19N3O5S/c1-15-5-8-18(9-6-15)30(26,27)24-23-13-16-7-10-19(20(12-16)28-2)29-21(25)17-4-3-11-22-14-17/h3-14,24H,1-2H3/b23-13+. The van der Waals surface area contributed by atoms with E-state index in [1.807, 2.05) is 6.92 Å². The Hall–Kier alpha value is -3.72. The van der Waals surface area contributed by atoms with Crippen LogP contribution in [0.5, 0.6) is 11.5 Å². The minimum absolute atomic E-state index is 0.112. The summed E-state index contributed by atoms with van der Waals surface area (Å²) in [6, 6.07) is 14.3. The summed E-state index contributed by atoms with van der Waals surface area (Å²) in [4.78, 5) is 18.3. The second kappa shape index (κ2) is 9.19. The van der Waals surface area contributed by atoms with Crippen molar-refractivity contribution in [2.75, 3.05) is 7.11 Å². The van der Waals surface area contributed by atoms with Crippen LogP contribution in [0.1, 0.15) is 21.5 Å². The first-order valence-corrected chi connectivity index (χ1v) is 10.3.